The van der Waals surface area contributed by atoms with Crippen molar-refractivity contribution in [1.29, 1.82) is 0 Å². The zero-order chi connectivity index (χ0) is 24.7. The molecular weight excluding hydrogens is 420 g/mol. The summed E-state index contributed by atoms with van der Waals surface area (Å²) in [4.78, 5) is 9.98. The van der Waals surface area contributed by atoms with E-state index in [0.29, 0.717) is 23.7 Å². The lowest BCUT2D eigenvalue weighted by molar-refractivity contribution is -0.0901. The number of hydrogen-bond acceptors (Lipinski definition) is 4. The van der Waals surface area contributed by atoms with Gasteiger partial charge in [-0.1, -0.05) is 66.5 Å². The molecule has 4 nitrogen and oxygen atoms in total. The first-order valence-corrected chi connectivity index (χ1v) is 13.4. The highest BCUT2D eigenvalue weighted by Crippen LogP contribution is 2.48. The van der Waals surface area contributed by atoms with Gasteiger partial charge in [0.05, 0.1) is 22.8 Å². The predicted octanol–water partition coefficient (Wildman–Crippen LogP) is 6.70. The van der Waals surface area contributed by atoms with Gasteiger partial charge in [-0.3, -0.25) is 0 Å². The molecule has 0 saturated heterocycles. The van der Waals surface area contributed by atoms with Crippen LogP contribution in [0, 0.1) is 35.5 Å². The monoisotopic (exact) mass is 464 g/mol. The van der Waals surface area contributed by atoms with E-state index in [2.05, 4.69) is 41.5 Å². The molecule has 34 heavy (non-hydrogen) atoms. The average molecular weight is 465 g/mol. The lowest BCUT2D eigenvalue weighted by Gasteiger charge is -2.44. The van der Waals surface area contributed by atoms with E-state index in [4.69, 9.17) is 9.97 Å². The van der Waals surface area contributed by atoms with Crippen molar-refractivity contribution in [1.82, 2.24) is 9.97 Å². The van der Waals surface area contributed by atoms with Crippen LogP contribution in [0.1, 0.15) is 91.5 Å². The fourth-order valence-corrected chi connectivity index (χ4v) is 6.97. The minimum atomic E-state index is -0.917. The maximum atomic E-state index is 11.9. The average Bonchev–Trinajstić information content (AvgIpc) is 2.78. The van der Waals surface area contributed by atoms with E-state index in [9.17, 15) is 10.2 Å². The Morgan fingerprint density at radius 2 is 1.06 bits per heavy atom. The van der Waals surface area contributed by atoms with Gasteiger partial charge in [-0.15, -0.1) is 0 Å². The van der Waals surface area contributed by atoms with Crippen LogP contribution in [-0.2, 0) is 11.2 Å². The summed E-state index contributed by atoms with van der Waals surface area (Å²) < 4.78 is 0. The normalized spacial score (nSPS) is 34.5. The Kier molecular flexibility index (Phi) is 7.22. The van der Waals surface area contributed by atoms with Crippen molar-refractivity contribution in [3.05, 3.63) is 47.8 Å². The molecule has 0 unspecified atom stereocenters. The van der Waals surface area contributed by atoms with E-state index in [1.807, 2.05) is 36.4 Å². The summed E-state index contributed by atoms with van der Waals surface area (Å²) in [5, 5.41) is 23.8. The van der Waals surface area contributed by atoms with Crippen LogP contribution in [0.2, 0.25) is 0 Å². The minimum absolute atomic E-state index is 0.196. The van der Waals surface area contributed by atoms with Crippen LogP contribution in [0.15, 0.2) is 36.4 Å². The third kappa shape index (κ3) is 4.68. The van der Waals surface area contributed by atoms with E-state index in [0.717, 1.165) is 61.3 Å². The number of pyridine rings is 2. The molecule has 0 bridgehead atoms. The zero-order valence-corrected chi connectivity index (χ0v) is 22.0. The standard InChI is InChI=1S/C30H44N2O2/c1-19(2)23-15-13-21(5)17-29(23,33)27-11-7-9-25(31-27)26-10-8-12-28(32-26)30(34)18-22(6)14-16-24(30)20(3)4/h7-12,19-24,33-34H,13-18H2,1-6H3/t21-,22-,23+,24+,29+,30+/m1/s1. The first-order valence-electron chi connectivity index (χ1n) is 13.4. The van der Waals surface area contributed by atoms with Crippen LogP contribution in [0.4, 0.5) is 0 Å². The van der Waals surface area contributed by atoms with Crippen LogP contribution in [0.3, 0.4) is 0 Å². The van der Waals surface area contributed by atoms with E-state index >= 15 is 0 Å². The van der Waals surface area contributed by atoms with E-state index in [-0.39, 0.29) is 11.8 Å². The van der Waals surface area contributed by atoms with Crippen LogP contribution in [0.5, 0.6) is 0 Å². The van der Waals surface area contributed by atoms with Crippen LogP contribution in [-0.4, -0.2) is 20.2 Å². The molecule has 2 heterocycles. The molecule has 0 radical (unpaired) electrons. The quantitative estimate of drug-likeness (QED) is 0.516. The maximum absolute atomic E-state index is 11.9. The second-order valence-corrected chi connectivity index (χ2v) is 12.1. The summed E-state index contributed by atoms with van der Waals surface area (Å²) in [5.41, 5.74) is 1.21. The molecule has 186 valence electrons. The van der Waals surface area contributed by atoms with E-state index < -0.39 is 11.2 Å². The molecule has 0 spiro atoms. The fraction of sp³-hybridized carbons (Fsp3) is 0.667. The van der Waals surface area contributed by atoms with Gasteiger partial charge in [0.1, 0.15) is 11.2 Å². The Morgan fingerprint density at radius 1 is 0.676 bits per heavy atom. The lowest BCUT2D eigenvalue weighted by Crippen LogP contribution is -2.44. The predicted molar refractivity (Wildman–Crippen MR) is 138 cm³/mol. The smallest absolute Gasteiger partial charge is 0.110 e. The first kappa shape index (κ1) is 25.3. The molecule has 0 aliphatic heterocycles. The van der Waals surface area contributed by atoms with Gasteiger partial charge in [-0.25, -0.2) is 9.97 Å². The number of aromatic nitrogens is 2. The molecule has 2 aliphatic rings. The Morgan fingerprint density at radius 3 is 1.41 bits per heavy atom. The van der Waals surface area contributed by atoms with Gasteiger partial charge in [0.15, 0.2) is 0 Å². The second kappa shape index (κ2) is 9.70. The lowest BCUT2D eigenvalue weighted by atomic mass is 9.65. The van der Waals surface area contributed by atoms with E-state index in [1.165, 1.54) is 0 Å². The van der Waals surface area contributed by atoms with Crippen LogP contribution in [0.25, 0.3) is 11.4 Å². The minimum Gasteiger partial charge on any atom is -0.383 e. The third-order valence-corrected chi connectivity index (χ3v) is 8.74. The number of rotatable bonds is 5. The molecule has 2 N–H and O–H groups in total. The molecular formula is C30H44N2O2. The first-order chi connectivity index (χ1) is 16.0. The van der Waals surface area contributed by atoms with Gasteiger partial charge in [0, 0.05) is 0 Å². The Bertz CT molecular complexity index is 910. The summed E-state index contributed by atoms with van der Waals surface area (Å²) in [7, 11) is 0. The maximum Gasteiger partial charge on any atom is 0.110 e. The van der Waals surface area contributed by atoms with Gasteiger partial charge < -0.3 is 10.2 Å². The molecule has 2 aromatic rings. The van der Waals surface area contributed by atoms with E-state index in [1.54, 1.807) is 0 Å². The van der Waals surface area contributed by atoms with Crippen molar-refractivity contribution in [3.63, 3.8) is 0 Å². The topological polar surface area (TPSA) is 66.2 Å². The van der Waals surface area contributed by atoms with Crippen LogP contribution >= 0.6 is 0 Å². The summed E-state index contributed by atoms with van der Waals surface area (Å²) in [6.45, 7) is 13.3. The molecule has 4 heteroatoms. The van der Waals surface area contributed by atoms with Gasteiger partial charge in [-0.2, -0.15) is 0 Å². The highest BCUT2D eigenvalue weighted by molar-refractivity contribution is 5.55. The number of hydrogen-bond donors (Lipinski definition) is 2. The molecule has 4 rings (SSSR count). The molecule has 2 saturated carbocycles. The Labute approximate surface area is 206 Å². The molecule has 0 amide bonds. The van der Waals surface area contributed by atoms with Crippen molar-refractivity contribution in [2.24, 2.45) is 35.5 Å². The van der Waals surface area contributed by atoms with Crippen molar-refractivity contribution < 1.29 is 10.2 Å². The summed E-state index contributed by atoms with van der Waals surface area (Å²) in [5.74, 6) is 2.12. The van der Waals surface area contributed by atoms with Crippen molar-refractivity contribution in [2.45, 2.75) is 91.3 Å². The molecule has 2 fully saturated rings. The van der Waals surface area contributed by atoms with Crippen molar-refractivity contribution in [3.8, 4) is 11.4 Å². The molecule has 0 aromatic carbocycles. The second-order valence-electron chi connectivity index (χ2n) is 12.1. The van der Waals surface area contributed by atoms with Crippen molar-refractivity contribution >= 4 is 0 Å². The van der Waals surface area contributed by atoms with Crippen LogP contribution < -0.4 is 0 Å². The number of nitrogens with zero attached hydrogens (tertiary/aromatic N) is 2. The summed E-state index contributed by atoms with van der Waals surface area (Å²) in [6, 6.07) is 11.9. The third-order valence-electron chi connectivity index (χ3n) is 8.74. The summed E-state index contributed by atoms with van der Waals surface area (Å²) >= 11 is 0. The summed E-state index contributed by atoms with van der Waals surface area (Å²) in [6.07, 6.45) is 5.85. The largest absolute Gasteiger partial charge is 0.383 e. The molecule has 2 aromatic heterocycles. The van der Waals surface area contributed by atoms with Gasteiger partial charge in [-0.05, 0) is 85.5 Å². The van der Waals surface area contributed by atoms with Crippen molar-refractivity contribution in [2.75, 3.05) is 0 Å². The van der Waals surface area contributed by atoms with Gasteiger partial charge in [0.2, 0.25) is 0 Å². The fourth-order valence-electron chi connectivity index (χ4n) is 6.97. The SMILES string of the molecule is CC(C)[C@@H]1CC[C@@H](C)C[C@@]1(O)c1cccc(-c2cccc([C@]3(O)C[C@H](C)CC[C@H]3C(C)C)n2)n1. The molecule has 6 atom stereocenters. The van der Waals surface area contributed by atoms with Gasteiger partial charge >= 0.3 is 0 Å². The van der Waals surface area contributed by atoms with Gasteiger partial charge in [0.25, 0.3) is 0 Å². The Balaban J connectivity index is 1.72. The molecule has 2 aliphatic carbocycles. The highest BCUT2D eigenvalue weighted by Gasteiger charge is 2.46. The Hall–Kier alpha value is -1.78. The highest BCUT2D eigenvalue weighted by atomic mass is 16.3. The number of aliphatic hydroxyl groups is 2. The zero-order valence-electron chi connectivity index (χ0n) is 22.0.